The molecule has 18 heavy (non-hydrogen) atoms. The van der Waals surface area contributed by atoms with Gasteiger partial charge in [0, 0.05) is 36.7 Å². The van der Waals surface area contributed by atoms with E-state index in [1.807, 2.05) is 24.3 Å². The van der Waals surface area contributed by atoms with Crippen LogP contribution in [0.5, 0.6) is 0 Å². The third kappa shape index (κ3) is 4.92. The van der Waals surface area contributed by atoms with Crippen molar-refractivity contribution in [3.63, 3.8) is 0 Å². The van der Waals surface area contributed by atoms with E-state index >= 15 is 0 Å². The Hall–Kier alpha value is -1.29. The Morgan fingerprint density at radius 1 is 1.00 bits per heavy atom. The summed E-state index contributed by atoms with van der Waals surface area (Å²) in [6.07, 6.45) is 3.50. The van der Waals surface area contributed by atoms with Gasteiger partial charge in [0.2, 0.25) is 0 Å². The van der Waals surface area contributed by atoms with Crippen LogP contribution in [0.4, 0.5) is 5.69 Å². The van der Waals surface area contributed by atoms with Crippen LogP contribution in [0.25, 0.3) is 0 Å². The molecular formula is C13H17Cl2N3. The topological polar surface area (TPSA) is 50.9 Å². The number of rotatable bonds is 4. The van der Waals surface area contributed by atoms with Gasteiger partial charge in [-0.15, -0.1) is 24.8 Å². The van der Waals surface area contributed by atoms with E-state index in [2.05, 4.69) is 22.4 Å². The molecule has 0 aliphatic heterocycles. The predicted octanol–water partition coefficient (Wildman–Crippen LogP) is 2.80. The summed E-state index contributed by atoms with van der Waals surface area (Å²) < 4.78 is 0. The summed E-state index contributed by atoms with van der Waals surface area (Å²) in [5.41, 5.74) is 8.92. The summed E-state index contributed by atoms with van der Waals surface area (Å²) in [6.45, 7) is 1.59. The summed E-state index contributed by atoms with van der Waals surface area (Å²) in [6, 6.07) is 12.1. The zero-order chi connectivity index (χ0) is 11.2. The van der Waals surface area contributed by atoms with Crippen molar-refractivity contribution in [2.75, 3.05) is 5.73 Å². The molecule has 0 spiro atoms. The van der Waals surface area contributed by atoms with Crippen LogP contribution in [0.2, 0.25) is 0 Å². The zero-order valence-corrected chi connectivity index (χ0v) is 11.5. The minimum Gasteiger partial charge on any atom is -0.398 e. The van der Waals surface area contributed by atoms with Gasteiger partial charge in [0.05, 0.1) is 0 Å². The van der Waals surface area contributed by atoms with Crippen molar-refractivity contribution >= 4 is 30.5 Å². The predicted molar refractivity (Wildman–Crippen MR) is 80.1 cm³/mol. The van der Waals surface area contributed by atoms with Gasteiger partial charge in [-0.05, 0) is 11.6 Å². The minimum absolute atomic E-state index is 0. The molecule has 1 heterocycles. The Bertz CT molecular complexity index is 449. The molecule has 0 bridgehead atoms. The average molecular weight is 286 g/mol. The second-order valence-corrected chi connectivity index (χ2v) is 3.66. The maximum Gasteiger partial charge on any atom is 0.0390 e. The number of benzene rings is 1. The normalized spacial score (nSPS) is 9.11. The Kier molecular flexibility index (Phi) is 8.12. The second-order valence-electron chi connectivity index (χ2n) is 3.66. The van der Waals surface area contributed by atoms with Crippen LogP contribution >= 0.6 is 24.8 Å². The van der Waals surface area contributed by atoms with Crippen molar-refractivity contribution in [2.45, 2.75) is 13.1 Å². The summed E-state index contributed by atoms with van der Waals surface area (Å²) in [4.78, 5) is 4.05. The first-order chi connectivity index (χ1) is 7.86. The maximum absolute atomic E-state index is 5.82. The lowest BCUT2D eigenvalue weighted by Crippen LogP contribution is -2.13. The first kappa shape index (κ1) is 16.7. The van der Waals surface area contributed by atoms with E-state index in [-0.39, 0.29) is 24.8 Å². The number of aromatic nitrogens is 1. The molecule has 0 fully saturated rings. The van der Waals surface area contributed by atoms with Crippen LogP contribution in [0, 0.1) is 0 Å². The quantitative estimate of drug-likeness (QED) is 0.908. The molecule has 98 valence electrons. The van der Waals surface area contributed by atoms with Crippen molar-refractivity contribution in [3.05, 3.63) is 59.9 Å². The summed E-state index contributed by atoms with van der Waals surface area (Å²) >= 11 is 0. The highest BCUT2D eigenvalue weighted by molar-refractivity contribution is 5.85. The van der Waals surface area contributed by atoms with Crippen LogP contribution in [0.3, 0.4) is 0 Å². The third-order valence-corrected chi connectivity index (χ3v) is 2.43. The lowest BCUT2D eigenvalue weighted by Gasteiger charge is -2.06. The van der Waals surface area contributed by atoms with Crippen LogP contribution in [-0.2, 0) is 13.1 Å². The minimum atomic E-state index is 0. The number of nitrogens with one attached hydrogen (secondary N) is 1. The van der Waals surface area contributed by atoms with Crippen LogP contribution in [0.15, 0.2) is 48.8 Å². The lowest BCUT2D eigenvalue weighted by atomic mass is 10.2. The molecule has 0 amide bonds. The van der Waals surface area contributed by atoms with E-state index in [0.717, 1.165) is 24.3 Å². The largest absolute Gasteiger partial charge is 0.398 e. The Morgan fingerprint density at radius 3 is 2.39 bits per heavy atom. The number of nitrogen functional groups attached to an aromatic ring is 1. The SMILES string of the molecule is Cl.Cl.Nc1ccncc1CNCc1ccccc1. The number of halogens is 2. The molecule has 0 saturated carbocycles. The van der Waals surface area contributed by atoms with Crippen molar-refractivity contribution in [2.24, 2.45) is 0 Å². The van der Waals surface area contributed by atoms with E-state index in [4.69, 9.17) is 5.73 Å². The zero-order valence-electron chi connectivity index (χ0n) is 9.87. The van der Waals surface area contributed by atoms with E-state index in [0.29, 0.717) is 0 Å². The first-order valence-corrected chi connectivity index (χ1v) is 5.29. The van der Waals surface area contributed by atoms with E-state index in [9.17, 15) is 0 Å². The average Bonchev–Trinajstić information content (AvgIpc) is 2.33. The molecule has 5 heteroatoms. The molecule has 3 nitrogen and oxygen atoms in total. The maximum atomic E-state index is 5.82. The Morgan fingerprint density at radius 2 is 1.72 bits per heavy atom. The number of nitrogens with two attached hydrogens (primary N) is 1. The molecule has 1 aromatic carbocycles. The van der Waals surface area contributed by atoms with Crippen LogP contribution in [0.1, 0.15) is 11.1 Å². The van der Waals surface area contributed by atoms with Gasteiger partial charge in [-0.1, -0.05) is 30.3 Å². The Balaban J connectivity index is 0.00000144. The fraction of sp³-hybridized carbons (Fsp3) is 0.154. The van der Waals surface area contributed by atoms with Gasteiger partial charge in [0.25, 0.3) is 0 Å². The van der Waals surface area contributed by atoms with Gasteiger partial charge in [0.1, 0.15) is 0 Å². The molecule has 1 aromatic heterocycles. The summed E-state index contributed by atoms with van der Waals surface area (Å²) in [5.74, 6) is 0. The smallest absolute Gasteiger partial charge is 0.0390 e. The van der Waals surface area contributed by atoms with Crippen LogP contribution in [-0.4, -0.2) is 4.98 Å². The van der Waals surface area contributed by atoms with Crippen molar-refractivity contribution < 1.29 is 0 Å². The first-order valence-electron chi connectivity index (χ1n) is 5.29. The number of pyridine rings is 1. The highest BCUT2D eigenvalue weighted by atomic mass is 35.5. The van der Waals surface area contributed by atoms with Gasteiger partial charge in [-0.25, -0.2) is 0 Å². The van der Waals surface area contributed by atoms with Gasteiger partial charge < -0.3 is 11.1 Å². The molecule has 2 rings (SSSR count). The monoisotopic (exact) mass is 285 g/mol. The molecule has 0 unspecified atom stereocenters. The van der Waals surface area contributed by atoms with E-state index in [1.54, 1.807) is 12.4 Å². The third-order valence-electron chi connectivity index (χ3n) is 2.43. The summed E-state index contributed by atoms with van der Waals surface area (Å²) in [5, 5.41) is 3.34. The fourth-order valence-electron chi connectivity index (χ4n) is 1.52. The molecule has 2 aromatic rings. The lowest BCUT2D eigenvalue weighted by molar-refractivity contribution is 0.693. The molecular weight excluding hydrogens is 269 g/mol. The van der Waals surface area contributed by atoms with Crippen molar-refractivity contribution in [1.82, 2.24) is 10.3 Å². The number of hydrogen-bond acceptors (Lipinski definition) is 3. The van der Waals surface area contributed by atoms with Gasteiger partial charge >= 0.3 is 0 Å². The second kappa shape index (κ2) is 8.75. The standard InChI is InChI=1S/C13H15N3.2ClH/c14-13-6-7-15-9-12(13)10-16-8-11-4-2-1-3-5-11;;/h1-7,9,16H,8,10H2,(H2,14,15);2*1H. The molecule has 3 N–H and O–H groups in total. The van der Waals surface area contributed by atoms with Gasteiger partial charge in [-0.3, -0.25) is 4.98 Å². The molecule has 0 aliphatic rings. The molecule has 0 radical (unpaired) electrons. The van der Waals surface area contributed by atoms with Crippen LogP contribution < -0.4 is 11.1 Å². The van der Waals surface area contributed by atoms with Crippen molar-refractivity contribution in [1.29, 1.82) is 0 Å². The van der Waals surface area contributed by atoms with E-state index < -0.39 is 0 Å². The van der Waals surface area contributed by atoms with Gasteiger partial charge in [-0.2, -0.15) is 0 Å². The fourth-order valence-corrected chi connectivity index (χ4v) is 1.52. The molecule has 0 atom stereocenters. The summed E-state index contributed by atoms with van der Waals surface area (Å²) in [7, 11) is 0. The molecule has 0 saturated heterocycles. The number of hydrogen-bond donors (Lipinski definition) is 2. The van der Waals surface area contributed by atoms with Gasteiger partial charge in [0.15, 0.2) is 0 Å². The highest BCUT2D eigenvalue weighted by Gasteiger charge is 1.97. The van der Waals surface area contributed by atoms with E-state index in [1.165, 1.54) is 5.56 Å². The number of anilines is 1. The van der Waals surface area contributed by atoms with Crippen molar-refractivity contribution in [3.8, 4) is 0 Å². The highest BCUT2D eigenvalue weighted by Crippen LogP contribution is 2.08. The number of nitrogens with zero attached hydrogens (tertiary/aromatic N) is 1. The Labute approximate surface area is 120 Å². The molecule has 0 aliphatic carbocycles.